The summed E-state index contributed by atoms with van der Waals surface area (Å²) < 4.78 is 5.52. The second-order valence-corrected chi connectivity index (χ2v) is 7.75. The minimum absolute atomic E-state index is 0.0566. The van der Waals surface area contributed by atoms with E-state index in [1.54, 1.807) is 13.2 Å². The van der Waals surface area contributed by atoms with Gasteiger partial charge in [0.2, 0.25) is 0 Å². The van der Waals surface area contributed by atoms with E-state index in [9.17, 15) is 10.1 Å². The molecule has 3 aromatic rings. The van der Waals surface area contributed by atoms with Gasteiger partial charge >= 0.3 is 0 Å². The molecule has 7 nitrogen and oxygen atoms in total. The molecule has 166 valence electrons. The molecule has 0 aliphatic carbocycles. The van der Waals surface area contributed by atoms with E-state index in [4.69, 9.17) is 9.84 Å². The zero-order chi connectivity index (χ0) is 23.1. The summed E-state index contributed by atoms with van der Waals surface area (Å²) in [6.45, 7) is 5.99. The van der Waals surface area contributed by atoms with E-state index in [2.05, 4.69) is 36.7 Å². The molecule has 0 heterocycles. The summed E-state index contributed by atoms with van der Waals surface area (Å²) in [6, 6.07) is 22.3. The number of para-hydroxylation sites is 2. The largest absolute Gasteiger partial charge is 0.495 e. The highest BCUT2D eigenvalue weighted by Gasteiger charge is 2.23. The predicted octanol–water partition coefficient (Wildman–Crippen LogP) is 6.19. The number of hydrazone groups is 1. The molecule has 0 amide bonds. The molecule has 0 saturated heterocycles. The van der Waals surface area contributed by atoms with E-state index in [0.717, 1.165) is 34.0 Å². The van der Waals surface area contributed by atoms with Crippen LogP contribution in [0.2, 0.25) is 0 Å². The quantitative estimate of drug-likeness (QED) is 0.239. The van der Waals surface area contributed by atoms with Crippen LogP contribution >= 0.6 is 0 Å². The molecule has 0 saturated carbocycles. The van der Waals surface area contributed by atoms with Crippen molar-refractivity contribution >= 4 is 22.8 Å². The van der Waals surface area contributed by atoms with E-state index in [0.29, 0.717) is 0 Å². The Balaban J connectivity index is 1.99. The SMILES string of the molecule is COc1ccccc1N[C@H](/C(=N/Nc1ccc([N+](=O)[O-])cc1C)C(C)C)c1ccccc1. The molecule has 0 radical (unpaired) electrons. The first-order chi connectivity index (χ1) is 15.4. The number of non-ortho nitro benzene ring substituents is 1. The van der Waals surface area contributed by atoms with E-state index in [1.807, 2.05) is 49.4 Å². The number of hydrogen-bond acceptors (Lipinski definition) is 6. The number of aryl methyl sites for hydroxylation is 1. The third-order valence-corrected chi connectivity index (χ3v) is 5.15. The topological polar surface area (TPSA) is 88.8 Å². The van der Waals surface area contributed by atoms with Gasteiger partial charge in [-0.3, -0.25) is 15.5 Å². The van der Waals surface area contributed by atoms with Crippen LogP contribution in [0.1, 0.15) is 31.0 Å². The minimum atomic E-state index is -0.401. The maximum absolute atomic E-state index is 11.0. The van der Waals surface area contributed by atoms with Gasteiger partial charge in [-0.25, -0.2) is 0 Å². The standard InChI is InChI=1S/C25H28N4O3/c1-17(2)24(28-27-21-15-14-20(29(30)31)16-18(21)3)25(19-10-6-5-7-11-19)26-22-12-8-9-13-23(22)32-4/h5-17,25-27H,1-4H3/b28-24+/t25-/m0/s1. The van der Waals surface area contributed by atoms with Crippen molar-refractivity contribution < 1.29 is 9.66 Å². The molecular weight excluding hydrogens is 404 g/mol. The number of anilines is 2. The fourth-order valence-electron chi connectivity index (χ4n) is 3.43. The van der Waals surface area contributed by atoms with Crippen molar-refractivity contribution in [2.45, 2.75) is 26.8 Å². The maximum Gasteiger partial charge on any atom is 0.269 e. The van der Waals surface area contributed by atoms with Crippen molar-refractivity contribution in [3.63, 3.8) is 0 Å². The van der Waals surface area contributed by atoms with Crippen LogP contribution < -0.4 is 15.5 Å². The van der Waals surface area contributed by atoms with Crippen molar-refractivity contribution in [3.8, 4) is 5.75 Å². The zero-order valence-corrected chi connectivity index (χ0v) is 18.7. The number of nitrogens with zero attached hydrogens (tertiary/aromatic N) is 2. The molecule has 3 aromatic carbocycles. The number of nitro benzene ring substituents is 1. The molecule has 0 aliphatic heterocycles. The minimum Gasteiger partial charge on any atom is -0.495 e. The number of benzene rings is 3. The van der Waals surface area contributed by atoms with Gasteiger partial charge in [0.15, 0.2) is 0 Å². The summed E-state index contributed by atoms with van der Waals surface area (Å²) in [5, 5.41) is 19.4. The summed E-state index contributed by atoms with van der Waals surface area (Å²) in [4.78, 5) is 10.6. The maximum atomic E-state index is 11.0. The Morgan fingerprint density at radius 1 is 1.00 bits per heavy atom. The Morgan fingerprint density at radius 3 is 2.31 bits per heavy atom. The number of hydrogen-bond donors (Lipinski definition) is 2. The van der Waals surface area contributed by atoms with Crippen molar-refractivity contribution in [3.05, 3.63) is 94.0 Å². The third kappa shape index (κ3) is 5.43. The molecular formula is C25H28N4O3. The van der Waals surface area contributed by atoms with Gasteiger partial charge in [0.05, 0.1) is 35.2 Å². The fourth-order valence-corrected chi connectivity index (χ4v) is 3.43. The van der Waals surface area contributed by atoms with Crippen LogP contribution in [-0.4, -0.2) is 17.7 Å². The van der Waals surface area contributed by atoms with Gasteiger partial charge in [0.25, 0.3) is 5.69 Å². The van der Waals surface area contributed by atoms with Crippen molar-refractivity contribution in [2.24, 2.45) is 11.0 Å². The highest BCUT2D eigenvalue weighted by Crippen LogP contribution is 2.30. The summed E-state index contributed by atoms with van der Waals surface area (Å²) >= 11 is 0. The second kappa shape index (κ2) is 10.4. The van der Waals surface area contributed by atoms with E-state index < -0.39 is 4.92 Å². The van der Waals surface area contributed by atoms with Crippen LogP contribution in [0, 0.1) is 23.0 Å². The molecule has 0 bridgehead atoms. The van der Waals surface area contributed by atoms with Gasteiger partial charge in [0.1, 0.15) is 5.75 Å². The lowest BCUT2D eigenvalue weighted by Crippen LogP contribution is -2.26. The molecule has 32 heavy (non-hydrogen) atoms. The second-order valence-electron chi connectivity index (χ2n) is 7.75. The first-order valence-corrected chi connectivity index (χ1v) is 10.4. The molecule has 2 N–H and O–H groups in total. The zero-order valence-electron chi connectivity index (χ0n) is 18.7. The molecule has 0 aliphatic rings. The van der Waals surface area contributed by atoms with Crippen LogP contribution in [0.25, 0.3) is 0 Å². The lowest BCUT2D eigenvalue weighted by Gasteiger charge is -2.26. The number of ether oxygens (including phenoxy) is 1. The Bertz CT molecular complexity index is 1100. The van der Waals surface area contributed by atoms with Crippen LogP contribution in [-0.2, 0) is 0 Å². The number of rotatable bonds is 9. The number of nitrogens with one attached hydrogen (secondary N) is 2. The average molecular weight is 433 g/mol. The fraction of sp³-hybridized carbons (Fsp3) is 0.240. The monoisotopic (exact) mass is 432 g/mol. The summed E-state index contributed by atoms with van der Waals surface area (Å²) in [5.74, 6) is 0.865. The Labute approximate surface area is 188 Å². The van der Waals surface area contributed by atoms with Crippen LogP contribution in [0.5, 0.6) is 5.75 Å². The van der Waals surface area contributed by atoms with Crippen molar-refractivity contribution in [1.29, 1.82) is 0 Å². The molecule has 7 heteroatoms. The molecule has 0 aromatic heterocycles. The van der Waals surface area contributed by atoms with Gasteiger partial charge in [-0.2, -0.15) is 5.10 Å². The smallest absolute Gasteiger partial charge is 0.269 e. The number of nitro groups is 1. The van der Waals surface area contributed by atoms with Gasteiger partial charge in [0, 0.05) is 12.1 Å². The van der Waals surface area contributed by atoms with Gasteiger partial charge < -0.3 is 10.1 Å². The summed E-state index contributed by atoms with van der Waals surface area (Å²) in [7, 11) is 1.65. The highest BCUT2D eigenvalue weighted by atomic mass is 16.6. The van der Waals surface area contributed by atoms with Crippen LogP contribution in [0.4, 0.5) is 17.1 Å². The molecule has 3 rings (SSSR count). The highest BCUT2D eigenvalue weighted by molar-refractivity contribution is 5.95. The molecule has 0 fully saturated rings. The average Bonchev–Trinajstić information content (AvgIpc) is 2.79. The van der Waals surface area contributed by atoms with Crippen LogP contribution in [0.15, 0.2) is 77.9 Å². The van der Waals surface area contributed by atoms with E-state index >= 15 is 0 Å². The first-order valence-electron chi connectivity index (χ1n) is 10.4. The first kappa shape index (κ1) is 22.8. The lowest BCUT2D eigenvalue weighted by molar-refractivity contribution is -0.384. The Kier molecular flexibility index (Phi) is 7.44. The third-order valence-electron chi connectivity index (χ3n) is 5.15. The number of methoxy groups -OCH3 is 1. The molecule has 0 unspecified atom stereocenters. The van der Waals surface area contributed by atoms with Crippen LogP contribution in [0.3, 0.4) is 0 Å². The van der Waals surface area contributed by atoms with Gasteiger partial charge in [-0.1, -0.05) is 56.3 Å². The summed E-state index contributed by atoms with van der Waals surface area (Å²) in [6.07, 6.45) is 0. The predicted molar refractivity (Wildman–Crippen MR) is 130 cm³/mol. The molecule has 0 spiro atoms. The normalized spacial score (nSPS) is 12.3. The van der Waals surface area contributed by atoms with Crippen molar-refractivity contribution in [1.82, 2.24) is 0 Å². The van der Waals surface area contributed by atoms with Crippen molar-refractivity contribution in [2.75, 3.05) is 17.9 Å². The van der Waals surface area contributed by atoms with E-state index in [1.165, 1.54) is 12.1 Å². The summed E-state index contributed by atoms with van der Waals surface area (Å²) in [5.41, 5.74) is 7.46. The van der Waals surface area contributed by atoms with Gasteiger partial charge in [-0.15, -0.1) is 0 Å². The van der Waals surface area contributed by atoms with E-state index in [-0.39, 0.29) is 17.6 Å². The Hall–Kier alpha value is -3.87. The molecule has 1 atom stereocenters. The lowest BCUT2D eigenvalue weighted by atomic mass is 9.94. The Morgan fingerprint density at radius 2 is 1.69 bits per heavy atom. The van der Waals surface area contributed by atoms with Gasteiger partial charge in [-0.05, 0) is 42.2 Å².